The van der Waals surface area contributed by atoms with Gasteiger partial charge in [0.15, 0.2) is 11.3 Å². The molecule has 0 fully saturated rings. The van der Waals surface area contributed by atoms with E-state index < -0.39 is 28.9 Å². The second-order valence-electron chi connectivity index (χ2n) is 4.42. The number of nitrogens with zero attached hydrogens (tertiary/aromatic N) is 2. The van der Waals surface area contributed by atoms with Gasteiger partial charge in [0, 0.05) is 4.47 Å². The van der Waals surface area contributed by atoms with E-state index in [1.807, 2.05) is 0 Å². The number of esters is 2. The number of hydrazone groups is 1. The first kappa shape index (κ1) is 20.2. The number of carbonyl (C=O) groups is 2. The van der Waals surface area contributed by atoms with Crippen molar-refractivity contribution in [2.45, 2.75) is 13.8 Å². The molecule has 0 atom stereocenters. The lowest BCUT2D eigenvalue weighted by molar-refractivity contribution is -0.138. The van der Waals surface area contributed by atoms with Gasteiger partial charge in [0.1, 0.15) is 6.07 Å². The first-order valence-electron chi connectivity index (χ1n) is 7.28. The van der Waals surface area contributed by atoms with Crippen molar-refractivity contribution >= 4 is 39.3 Å². The Labute approximate surface area is 153 Å². The molecule has 0 saturated carbocycles. The summed E-state index contributed by atoms with van der Waals surface area (Å²) in [5, 5.41) is 13.0. The molecule has 0 saturated heterocycles. The van der Waals surface area contributed by atoms with E-state index in [1.54, 1.807) is 44.2 Å². The van der Waals surface area contributed by atoms with E-state index in [9.17, 15) is 9.59 Å². The zero-order valence-electron chi connectivity index (χ0n) is 13.7. The molecule has 0 bridgehead atoms. The van der Waals surface area contributed by atoms with Gasteiger partial charge in [-0.15, -0.1) is 0 Å². The monoisotopic (exact) mass is 408 g/mol. The van der Waals surface area contributed by atoms with Crippen molar-refractivity contribution in [3.63, 3.8) is 0 Å². The number of hydrogen-bond acceptors (Lipinski definition) is 8. The second-order valence-corrected chi connectivity index (χ2v) is 5.34. The number of benzene rings is 1. The molecule has 25 heavy (non-hydrogen) atoms. The molecule has 0 aliphatic carbocycles. The van der Waals surface area contributed by atoms with Crippen LogP contribution in [-0.2, 0) is 19.1 Å². The molecule has 0 heterocycles. The minimum absolute atomic E-state index is 0.0559. The lowest BCUT2D eigenvalue weighted by Gasteiger charge is -2.09. The topological polar surface area (TPSA) is 127 Å². The summed E-state index contributed by atoms with van der Waals surface area (Å²) in [6.45, 7) is 3.32. The summed E-state index contributed by atoms with van der Waals surface area (Å²) in [7, 11) is 0. The number of carbonyl (C=O) groups excluding carboxylic acids is 2. The molecule has 132 valence electrons. The Hall–Kier alpha value is -2.86. The van der Waals surface area contributed by atoms with Crippen molar-refractivity contribution in [3.05, 3.63) is 40.0 Å². The summed E-state index contributed by atoms with van der Waals surface area (Å²) < 4.78 is 10.5. The summed E-state index contributed by atoms with van der Waals surface area (Å²) >= 11 is 3.30. The number of halogens is 1. The minimum atomic E-state index is -0.942. The van der Waals surface area contributed by atoms with Crippen LogP contribution in [0.4, 0.5) is 5.69 Å². The predicted molar refractivity (Wildman–Crippen MR) is 95.3 cm³/mol. The van der Waals surface area contributed by atoms with Gasteiger partial charge in [0.05, 0.1) is 24.6 Å². The van der Waals surface area contributed by atoms with E-state index in [2.05, 4.69) is 26.5 Å². The van der Waals surface area contributed by atoms with Gasteiger partial charge in [-0.05, 0) is 38.1 Å². The maximum absolute atomic E-state index is 12.1. The smallest absolute Gasteiger partial charge is 0.360 e. The Morgan fingerprint density at radius 3 is 2.28 bits per heavy atom. The van der Waals surface area contributed by atoms with Crippen LogP contribution < -0.4 is 11.2 Å². The van der Waals surface area contributed by atoms with E-state index in [1.165, 1.54) is 0 Å². The molecule has 8 nitrogen and oxygen atoms in total. The number of hydrogen-bond donors (Lipinski definition) is 2. The number of nitrogens with one attached hydrogen (secondary N) is 1. The van der Waals surface area contributed by atoms with Gasteiger partial charge in [0.25, 0.3) is 0 Å². The van der Waals surface area contributed by atoms with Gasteiger partial charge >= 0.3 is 11.9 Å². The highest BCUT2D eigenvalue weighted by atomic mass is 79.9. The second kappa shape index (κ2) is 10.1. The minimum Gasteiger partial charge on any atom is -0.462 e. The fourth-order valence-electron chi connectivity index (χ4n) is 1.60. The van der Waals surface area contributed by atoms with E-state index >= 15 is 0 Å². The van der Waals surface area contributed by atoms with Crippen LogP contribution in [0.15, 0.2) is 45.1 Å². The molecule has 0 aromatic heterocycles. The lowest BCUT2D eigenvalue weighted by atomic mass is 10.1. The van der Waals surface area contributed by atoms with Crippen molar-refractivity contribution in [3.8, 4) is 6.07 Å². The Kier molecular flexibility index (Phi) is 8.15. The quantitative estimate of drug-likeness (QED) is 0.232. The highest BCUT2D eigenvalue weighted by Gasteiger charge is 2.24. The molecule has 9 heteroatoms. The Balaban J connectivity index is 3.24. The van der Waals surface area contributed by atoms with Gasteiger partial charge in [0.2, 0.25) is 0 Å². The van der Waals surface area contributed by atoms with Crippen LogP contribution in [0.25, 0.3) is 0 Å². The average Bonchev–Trinajstić information content (AvgIpc) is 2.58. The first-order valence-corrected chi connectivity index (χ1v) is 8.07. The fourth-order valence-corrected chi connectivity index (χ4v) is 1.86. The van der Waals surface area contributed by atoms with E-state index in [-0.39, 0.29) is 13.2 Å². The summed E-state index contributed by atoms with van der Waals surface area (Å²) in [4.78, 5) is 23.9. The number of ether oxygens (including phenoxy) is 2. The van der Waals surface area contributed by atoms with Crippen molar-refractivity contribution < 1.29 is 19.1 Å². The predicted octanol–water partition coefficient (Wildman–Crippen LogP) is 2.08. The van der Waals surface area contributed by atoms with Gasteiger partial charge in [-0.2, -0.15) is 10.4 Å². The lowest BCUT2D eigenvalue weighted by Crippen LogP contribution is -2.28. The number of anilines is 1. The molecule has 0 aliphatic rings. The third-order valence-corrected chi connectivity index (χ3v) is 3.25. The highest BCUT2D eigenvalue weighted by molar-refractivity contribution is 9.10. The maximum atomic E-state index is 12.1. The highest BCUT2D eigenvalue weighted by Crippen LogP contribution is 2.14. The third kappa shape index (κ3) is 5.93. The Bertz CT molecular complexity index is 735. The molecule has 1 aromatic rings. The molecule has 0 unspecified atom stereocenters. The van der Waals surface area contributed by atoms with E-state index in [0.29, 0.717) is 5.69 Å². The standard InChI is InChI=1S/C16H17BrN4O4/c1-3-24-15(22)12(9-18)13(19)14(16(23)25-4-2)21-20-11-7-5-10(17)6-8-11/h5-8,20H,3-4,19H2,1-2H3/b13-12-,21-14?. The number of rotatable bonds is 7. The fraction of sp³-hybridized carbons (Fsp3) is 0.250. The van der Waals surface area contributed by atoms with Crippen LogP contribution in [0.5, 0.6) is 0 Å². The summed E-state index contributed by atoms with van der Waals surface area (Å²) in [6, 6.07) is 8.56. The van der Waals surface area contributed by atoms with Crippen LogP contribution in [0.2, 0.25) is 0 Å². The van der Waals surface area contributed by atoms with Crippen molar-refractivity contribution in [1.82, 2.24) is 0 Å². The average molecular weight is 409 g/mol. The van der Waals surface area contributed by atoms with Crippen molar-refractivity contribution in [2.75, 3.05) is 18.6 Å². The molecule has 3 N–H and O–H groups in total. The van der Waals surface area contributed by atoms with Gasteiger partial charge in [-0.3, -0.25) is 5.43 Å². The number of nitriles is 1. The number of nitrogens with two attached hydrogens (primary N) is 1. The SMILES string of the molecule is CCOC(=O)C(=NNc1ccc(Br)cc1)/C(N)=C(\C#N)C(=O)OCC. The summed E-state index contributed by atoms with van der Waals surface area (Å²) in [5.74, 6) is -1.81. The first-order chi connectivity index (χ1) is 11.9. The van der Waals surface area contributed by atoms with Gasteiger partial charge in [-0.25, -0.2) is 9.59 Å². The van der Waals surface area contributed by atoms with E-state index in [4.69, 9.17) is 20.5 Å². The maximum Gasteiger partial charge on any atom is 0.360 e. The van der Waals surface area contributed by atoms with Crippen LogP contribution in [0.1, 0.15) is 13.8 Å². The third-order valence-electron chi connectivity index (χ3n) is 2.73. The molecule has 1 aromatic carbocycles. The van der Waals surface area contributed by atoms with Crippen LogP contribution in [-0.4, -0.2) is 30.9 Å². The molecule has 0 aliphatic heterocycles. The molecule has 1 rings (SSSR count). The molecule has 0 amide bonds. The van der Waals surface area contributed by atoms with Gasteiger partial charge in [-0.1, -0.05) is 15.9 Å². The van der Waals surface area contributed by atoms with E-state index in [0.717, 1.165) is 4.47 Å². The van der Waals surface area contributed by atoms with Crippen molar-refractivity contribution in [2.24, 2.45) is 10.8 Å². The zero-order chi connectivity index (χ0) is 18.8. The normalized spacial score (nSPS) is 11.8. The molecule has 0 spiro atoms. The van der Waals surface area contributed by atoms with Gasteiger partial charge < -0.3 is 15.2 Å². The molecule has 0 radical (unpaired) electrons. The van der Waals surface area contributed by atoms with Crippen LogP contribution >= 0.6 is 15.9 Å². The van der Waals surface area contributed by atoms with Crippen LogP contribution in [0, 0.1) is 11.3 Å². The summed E-state index contributed by atoms with van der Waals surface area (Å²) in [5.41, 5.74) is 7.65. The zero-order valence-corrected chi connectivity index (χ0v) is 15.3. The van der Waals surface area contributed by atoms with Crippen LogP contribution in [0.3, 0.4) is 0 Å². The summed E-state index contributed by atoms with van der Waals surface area (Å²) in [6.07, 6.45) is 0. The van der Waals surface area contributed by atoms with Crippen molar-refractivity contribution in [1.29, 1.82) is 5.26 Å². The Morgan fingerprint density at radius 2 is 1.76 bits per heavy atom. The Morgan fingerprint density at radius 1 is 1.20 bits per heavy atom. The largest absolute Gasteiger partial charge is 0.462 e. The molecular weight excluding hydrogens is 392 g/mol. The molecular formula is C16H17BrN4O4.